The highest BCUT2D eigenvalue weighted by Crippen LogP contribution is 2.21. The topological polar surface area (TPSA) is 57.9 Å². The molecule has 8 heteroatoms. The van der Waals surface area contributed by atoms with E-state index in [1.807, 2.05) is 24.1 Å². The summed E-state index contributed by atoms with van der Waals surface area (Å²) in [6, 6.07) is 0.443. The Labute approximate surface area is 175 Å². The number of aryl methyl sites for hydroxylation is 1. The standard InChI is InChI=1S/C18H34N6O.HI/c1-6-19-18(20-11-15(4)23(7-2)8-3)24-9-10-25-17(14-24)16-12-21-22(5)13-16;/h12-13,15,17H,6-11,14H2,1-5H3,(H,19,20);1H. The van der Waals surface area contributed by atoms with Crippen molar-refractivity contribution in [2.45, 2.75) is 39.8 Å². The van der Waals surface area contributed by atoms with Crippen molar-refractivity contribution in [3.63, 3.8) is 0 Å². The molecular formula is C18H35IN6O. The summed E-state index contributed by atoms with van der Waals surface area (Å²) in [6.07, 6.45) is 3.97. The number of nitrogens with zero attached hydrogens (tertiary/aromatic N) is 5. The van der Waals surface area contributed by atoms with E-state index in [2.05, 4.69) is 47.9 Å². The monoisotopic (exact) mass is 478 g/mol. The van der Waals surface area contributed by atoms with Crippen LogP contribution in [0.3, 0.4) is 0 Å². The van der Waals surface area contributed by atoms with Gasteiger partial charge in [-0.3, -0.25) is 14.6 Å². The average molecular weight is 478 g/mol. The minimum Gasteiger partial charge on any atom is -0.370 e. The number of hydrogen-bond donors (Lipinski definition) is 1. The summed E-state index contributed by atoms with van der Waals surface area (Å²) < 4.78 is 7.77. The van der Waals surface area contributed by atoms with Gasteiger partial charge in [0.2, 0.25) is 0 Å². The van der Waals surface area contributed by atoms with Gasteiger partial charge in [-0.1, -0.05) is 13.8 Å². The van der Waals surface area contributed by atoms with Crippen molar-refractivity contribution in [1.29, 1.82) is 0 Å². The van der Waals surface area contributed by atoms with Crippen LogP contribution in [0.5, 0.6) is 0 Å². The molecule has 0 amide bonds. The third kappa shape index (κ3) is 6.38. The SMILES string of the molecule is CCNC(=NCC(C)N(CC)CC)N1CCOC(c2cnn(C)c2)C1.I. The van der Waals surface area contributed by atoms with Crippen LogP contribution < -0.4 is 5.32 Å². The highest BCUT2D eigenvalue weighted by atomic mass is 127. The summed E-state index contributed by atoms with van der Waals surface area (Å²) in [4.78, 5) is 9.64. The number of hydrogen-bond acceptors (Lipinski definition) is 4. The summed E-state index contributed by atoms with van der Waals surface area (Å²) in [5.41, 5.74) is 1.12. The van der Waals surface area contributed by atoms with Crippen molar-refractivity contribution in [2.24, 2.45) is 12.0 Å². The van der Waals surface area contributed by atoms with Crippen molar-refractivity contribution in [3.8, 4) is 0 Å². The van der Waals surface area contributed by atoms with Gasteiger partial charge in [0.05, 0.1) is 25.9 Å². The second kappa shape index (κ2) is 11.8. The molecule has 1 aromatic rings. The van der Waals surface area contributed by atoms with Crippen LogP contribution in [0.2, 0.25) is 0 Å². The maximum Gasteiger partial charge on any atom is 0.194 e. The zero-order chi connectivity index (χ0) is 18.2. The largest absolute Gasteiger partial charge is 0.370 e. The molecule has 0 radical (unpaired) electrons. The summed E-state index contributed by atoms with van der Waals surface area (Å²) in [5.74, 6) is 0.985. The van der Waals surface area contributed by atoms with Crippen LogP contribution in [0.25, 0.3) is 0 Å². The van der Waals surface area contributed by atoms with Crippen LogP contribution in [0, 0.1) is 0 Å². The van der Waals surface area contributed by atoms with E-state index in [1.54, 1.807) is 0 Å². The maximum absolute atomic E-state index is 5.95. The maximum atomic E-state index is 5.95. The molecule has 2 atom stereocenters. The van der Waals surface area contributed by atoms with Crippen LogP contribution >= 0.6 is 24.0 Å². The average Bonchev–Trinajstić information content (AvgIpc) is 3.06. The van der Waals surface area contributed by atoms with E-state index < -0.39 is 0 Å². The molecule has 0 saturated carbocycles. The summed E-state index contributed by atoms with van der Waals surface area (Å²) in [6.45, 7) is 14.9. The molecule has 1 aromatic heterocycles. The van der Waals surface area contributed by atoms with Crippen molar-refractivity contribution < 1.29 is 4.74 Å². The normalized spacial score (nSPS) is 19.4. The van der Waals surface area contributed by atoms with Crippen molar-refractivity contribution in [2.75, 3.05) is 45.9 Å². The van der Waals surface area contributed by atoms with Crippen LogP contribution in [-0.2, 0) is 11.8 Å². The summed E-state index contributed by atoms with van der Waals surface area (Å²) in [5, 5.41) is 7.70. The first-order valence-electron chi connectivity index (χ1n) is 9.46. The van der Waals surface area contributed by atoms with E-state index >= 15 is 0 Å². The molecule has 2 rings (SSSR count). The second-order valence-electron chi connectivity index (χ2n) is 6.52. The molecule has 1 aliphatic heterocycles. The van der Waals surface area contributed by atoms with E-state index in [1.165, 1.54) is 0 Å². The Hall–Kier alpha value is -0.870. The predicted molar refractivity (Wildman–Crippen MR) is 117 cm³/mol. The van der Waals surface area contributed by atoms with E-state index in [0.717, 1.165) is 50.8 Å². The number of morpholine rings is 1. The predicted octanol–water partition coefficient (Wildman–Crippen LogP) is 2.11. The Kier molecular flexibility index (Phi) is 10.5. The van der Waals surface area contributed by atoms with Crippen LogP contribution in [0.1, 0.15) is 39.4 Å². The Morgan fingerprint density at radius 3 is 2.73 bits per heavy atom. The first kappa shape index (κ1) is 23.2. The molecule has 2 unspecified atom stereocenters. The molecule has 7 nitrogen and oxygen atoms in total. The fourth-order valence-corrected chi connectivity index (χ4v) is 3.26. The van der Waals surface area contributed by atoms with Crippen LogP contribution in [0.15, 0.2) is 17.4 Å². The highest BCUT2D eigenvalue weighted by molar-refractivity contribution is 14.0. The highest BCUT2D eigenvalue weighted by Gasteiger charge is 2.25. The number of likely N-dealkylation sites (N-methyl/N-ethyl adjacent to an activating group) is 1. The van der Waals surface area contributed by atoms with Gasteiger partial charge in [0, 0.05) is 37.9 Å². The van der Waals surface area contributed by atoms with Gasteiger partial charge in [0.1, 0.15) is 6.10 Å². The van der Waals surface area contributed by atoms with Gasteiger partial charge in [-0.15, -0.1) is 24.0 Å². The van der Waals surface area contributed by atoms with Gasteiger partial charge < -0.3 is 15.0 Å². The van der Waals surface area contributed by atoms with Gasteiger partial charge in [0.15, 0.2) is 5.96 Å². The lowest BCUT2D eigenvalue weighted by Gasteiger charge is -2.35. The molecule has 1 saturated heterocycles. The number of guanidine groups is 1. The van der Waals surface area contributed by atoms with Crippen LogP contribution in [-0.4, -0.2) is 77.5 Å². The summed E-state index contributed by atoms with van der Waals surface area (Å²) in [7, 11) is 1.93. The Morgan fingerprint density at radius 1 is 1.42 bits per heavy atom. The molecular weight excluding hydrogens is 443 g/mol. The number of aliphatic imine (C=N–C) groups is 1. The first-order chi connectivity index (χ1) is 12.1. The molecule has 2 heterocycles. The van der Waals surface area contributed by atoms with Gasteiger partial charge in [-0.25, -0.2) is 0 Å². The van der Waals surface area contributed by atoms with Crippen LogP contribution in [0.4, 0.5) is 0 Å². The van der Waals surface area contributed by atoms with Crippen molar-refractivity contribution in [3.05, 3.63) is 18.0 Å². The Bertz CT molecular complexity index is 546. The molecule has 26 heavy (non-hydrogen) atoms. The molecule has 150 valence electrons. The van der Waals surface area contributed by atoms with Crippen molar-refractivity contribution in [1.82, 2.24) is 24.9 Å². The number of rotatable bonds is 7. The van der Waals surface area contributed by atoms with E-state index in [0.29, 0.717) is 12.6 Å². The third-order valence-electron chi connectivity index (χ3n) is 4.74. The molecule has 1 N–H and O–H groups in total. The fourth-order valence-electron chi connectivity index (χ4n) is 3.26. The van der Waals surface area contributed by atoms with E-state index in [9.17, 15) is 0 Å². The zero-order valence-corrected chi connectivity index (χ0v) is 19.1. The third-order valence-corrected chi connectivity index (χ3v) is 4.74. The second-order valence-corrected chi connectivity index (χ2v) is 6.52. The van der Waals surface area contributed by atoms with Gasteiger partial charge >= 0.3 is 0 Å². The van der Waals surface area contributed by atoms with E-state index in [-0.39, 0.29) is 30.1 Å². The molecule has 0 aliphatic carbocycles. The van der Waals surface area contributed by atoms with Gasteiger partial charge in [-0.05, 0) is 26.9 Å². The number of ether oxygens (including phenoxy) is 1. The fraction of sp³-hybridized carbons (Fsp3) is 0.778. The number of nitrogens with one attached hydrogen (secondary N) is 1. The summed E-state index contributed by atoms with van der Waals surface area (Å²) >= 11 is 0. The molecule has 1 aliphatic rings. The minimum atomic E-state index is 0. The quantitative estimate of drug-likeness (QED) is 0.370. The van der Waals surface area contributed by atoms with Gasteiger partial charge in [-0.2, -0.15) is 5.10 Å². The lowest BCUT2D eigenvalue weighted by molar-refractivity contribution is -0.00807. The first-order valence-corrected chi connectivity index (χ1v) is 9.46. The Balaban J connectivity index is 0.00000338. The number of aromatic nitrogens is 2. The zero-order valence-electron chi connectivity index (χ0n) is 16.8. The molecule has 0 spiro atoms. The Morgan fingerprint density at radius 2 is 2.15 bits per heavy atom. The van der Waals surface area contributed by atoms with Gasteiger partial charge in [0.25, 0.3) is 0 Å². The van der Waals surface area contributed by atoms with Crippen molar-refractivity contribution >= 4 is 29.9 Å². The van der Waals surface area contributed by atoms with E-state index in [4.69, 9.17) is 9.73 Å². The smallest absolute Gasteiger partial charge is 0.194 e. The lowest BCUT2D eigenvalue weighted by Crippen LogP contribution is -2.48. The minimum absolute atomic E-state index is 0. The molecule has 0 bridgehead atoms. The molecule has 0 aromatic carbocycles. The molecule has 1 fully saturated rings. The lowest BCUT2D eigenvalue weighted by atomic mass is 10.1. The number of halogens is 1.